The monoisotopic (exact) mass is 181 g/mol. The van der Waals surface area contributed by atoms with E-state index in [2.05, 4.69) is 4.98 Å². The summed E-state index contributed by atoms with van der Waals surface area (Å²) in [5, 5.41) is 18.5. The van der Waals surface area contributed by atoms with Crippen molar-refractivity contribution in [1.82, 2.24) is 4.98 Å². The van der Waals surface area contributed by atoms with Gasteiger partial charge >= 0.3 is 0 Å². The van der Waals surface area contributed by atoms with Crippen molar-refractivity contribution in [3.63, 3.8) is 0 Å². The van der Waals surface area contributed by atoms with Gasteiger partial charge in [0, 0.05) is 22.7 Å². The van der Waals surface area contributed by atoms with E-state index < -0.39 is 5.92 Å². The van der Waals surface area contributed by atoms with Crippen molar-refractivity contribution in [3.05, 3.63) is 36.0 Å². The van der Waals surface area contributed by atoms with Gasteiger partial charge in [-0.05, 0) is 6.07 Å². The Morgan fingerprint density at radius 3 is 2.57 bits per heavy atom. The molecule has 0 saturated heterocycles. The van der Waals surface area contributed by atoms with Crippen LogP contribution in [0, 0.1) is 22.7 Å². The molecule has 1 aromatic carbocycles. The fourth-order valence-electron chi connectivity index (χ4n) is 1.50. The Bertz CT molecular complexity index is 525. The van der Waals surface area contributed by atoms with Crippen molar-refractivity contribution in [2.75, 3.05) is 0 Å². The predicted octanol–water partition coefficient (Wildman–Crippen LogP) is 2.30. The number of para-hydroxylation sites is 1. The quantitative estimate of drug-likeness (QED) is 0.733. The summed E-state index contributed by atoms with van der Waals surface area (Å²) in [5.74, 6) is -0.689. The summed E-state index contributed by atoms with van der Waals surface area (Å²) in [6.07, 6.45) is 1.72. The highest BCUT2D eigenvalue weighted by Crippen LogP contribution is 2.24. The topological polar surface area (TPSA) is 63.4 Å². The number of nitrogens with zero attached hydrogens (tertiary/aromatic N) is 2. The lowest BCUT2D eigenvalue weighted by Crippen LogP contribution is -1.88. The highest BCUT2D eigenvalue weighted by atomic mass is 14.7. The number of aromatic nitrogens is 1. The SMILES string of the molecule is N#CC(C#N)c1c[nH]c2ccccc12. The molecule has 0 aliphatic carbocycles. The van der Waals surface area contributed by atoms with Crippen LogP contribution in [0.15, 0.2) is 30.5 Å². The molecule has 2 rings (SSSR count). The molecule has 0 radical (unpaired) electrons. The summed E-state index contributed by atoms with van der Waals surface area (Å²) in [5.41, 5.74) is 1.71. The molecule has 14 heavy (non-hydrogen) atoms. The van der Waals surface area contributed by atoms with E-state index in [4.69, 9.17) is 10.5 Å². The molecule has 0 atom stereocenters. The molecule has 1 heterocycles. The first-order chi connectivity index (χ1) is 6.86. The Morgan fingerprint density at radius 2 is 1.86 bits per heavy atom. The van der Waals surface area contributed by atoms with Crippen LogP contribution in [0.1, 0.15) is 11.5 Å². The Hall–Kier alpha value is -2.26. The molecule has 0 fully saturated rings. The lowest BCUT2D eigenvalue weighted by molar-refractivity contribution is 1.11. The van der Waals surface area contributed by atoms with Crippen LogP contribution in [0.4, 0.5) is 0 Å². The fourth-order valence-corrected chi connectivity index (χ4v) is 1.50. The van der Waals surface area contributed by atoms with E-state index >= 15 is 0 Å². The molecule has 0 spiro atoms. The molecule has 66 valence electrons. The first kappa shape index (κ1) is 8.34. The maximum Gasteiger partial charge on any atom is 0.160 e. The van der Waals surface area contributed by atoms with Gasteiger partial charge in [-0.1, -0.05) is 18.2 Å². The summed E-state index contributed by atoms with van der Waals surface area (Å²) in [6.45, 7) is 0. The second-order valence-corrected chi connectivity index (χ2v) is 2.98. The van der Waals surface area contributed by atoms with Gasteiger partial charge in [0.2, 0.25) is 0 Å². The number of hydrogen-bond acceptors (Lipinski definition) is 2. The molecular weight excluding hydrogens is 174 g/mol. The Labute approximate surface area is 81.2 Å². The molecule has 0 amide bonds. The zero-order valence-corrected chi connectivity index (χ0v) is 7.36. The largest absolute Gasteiger partial charge is 0.361 e. The number of nitrogens with one attached hydrogen (secondary N) is 1. The highest BCUT2D eigenvalue weighted by molar-refractivity contribution is 5.84. The molecule has 0 aliphatic rings. The zero-order chi connectivity index (χ0) is 9.97. The van der Waals surface area contributed by atoms with Crippen molar-refractivity contribution in [2.24, 2.45) is 0 Å². The van der Waals surface area contributed by atoms with Gasteiger partial charge in [0.05, 0.1) is 12.1 Å². The third-order valence-corrected chi connectivity index (χ3v) is 2.19. The molecule has 0 saturated carbocycles. The van der Waals surface area contributed by atoms with Crippen LogP contribution in [0.2, 0.25) is 0 Å². The Morgan fingerprint density at radius 1 is 1.14 bits per heavy atom. The molecule has 1 aromatic heterocycles. The third kappa shape index (κ3) is 1.12. The molecular formula is C11H7N3. The Balaban J connectivity index is 2.66. The smallest absolute Gasteiger partial charge is 0.160 e. The van der Waals surface area contributed by atoms with E-state index in [-0.39, 0.29) is 0 Å². The molecule has 0 bridgehead atoms. The molecule has 2 aromatic rings. The van der Waals surface area contributed by atoms with Crippen LogP contribution in [-0.2, 0) is 0 Å². The second kappa shape index (κ2) is 3.24. The number of nitriles is 2. The third-order valence-electron chi connectivity index (χ3n) is 2.19. The van der Waals surface area contributed by atoms with Gasteiger partial charge in [0.25, 0.3) is 0 Å². The number of fused-ring (bicyclic) bond motifs is 1. The van der Waals surface area contributed by atoms with E-state index in [1.807, 2.05) is 36.4 Å². The number of rotatable bonds is 1. The first-order valence-electron chi connectivity index (χ1n) is 4.22. The van der Waals surface area contributed by atoms with Gasteiger partial charge < -0.3 is 4.98 Å². The molecule has 3 heteroatoms. The summed E-state index contributed by atoms with van der Waals surface area (Å²) >= 11 is 0. The maximum absolute atomic E-state index is 8.77. The van der Waals surface area contributed by atoms with Crippen LogP contribution >= 0.6 is 0 Å². The molecule has 1 N–H and O–H groups in total. The number of aromatic amines is 1. The van der Waals surface area contributed by atoms with Crippen molar-refractivity contribution >= 4 is 10.9 Å². The number of H-pyrrole nitrogens is 1. The van der Waals surface area contributed by atoms with E-state index in [0.29, 0.717) is 0 Å². The minimum absolute atomic E-state index is 0.689. The standard InChI is InChI=1S/C11H7N3/c12-5-8(6-13)10-7-14-11-4-2-1-3-9(10)11/h1-4,7-8,14H. The summed E-state index contributed by atoms with van der Waals surface area (Å²) < 4.78 is 0. The van der Waals surface area contributed by atoms with E-state index in [9.17, 15) is 0 Å². The summed E-state index contributed by atoms with van der Waals surface area (Å²) in [4.78, 5) is 3.04. The molecule has 0 aliphatic heterocycles. The van der Waals surface area contributed by atoms with Gasteiger partial charge in [-0.2, -0.15) is 10.5 Å². The van der Waals surface area contributed by atoms with Crippen molar-refractivity contribution in [1.29, 1.82) is 10.5 Å². The van der Waals surface area contributed by atoms with Crippen LogP contribution in [0.5, 0.6) is 0 Å². The van der Waals surface area contributed by atoms with Gasteiger partial charge in [0.15, 0.2) is 5.92 Å². The number of hydrogen-bond donors (Lipinski definition) is 1. The fraction of sp³-hybridized carbons (Fsp3) is 0.0909. The van der Waals surface area contributed by atoms with Crippen molar-refractivity contribution in [2.45, 2.75) is 5.92 Å². The van der Waals surface area contributed by atoms with E-state index in [0.717, 1.165) is 16.5 Å². The lowest BCUT2D eigenvalue weighted by Gasteiger charge is -1.96. The van der Waals surface area contributed by atoms with Crippen molar-refractivity contribution < 1.29 is 0 Å². The van der Waals surface area contributed by atoms with Crippen LogP contribution < -0.4 is 0 Å². The summed E-state index contributed by atoms with van der Waals surface area (Å²) in [6, 6.07) is 11.6. The van der Waals surface area contributed by atoms with Gasteiger partial charge in [0.1, 0.15) is 0 Å². The van der Waals surface area contributed by atoms with Gasteiger partial charge in [-0.15, -0.1) is 0 Å². The first-order valence-corrected chi connectivity index (χ1v) is 4.22. The summed E-state index contributed by atoms with van der Waals surface area (Å²) in [7, 11) is 0. The predicted molar refractivity (Wildman–Crippen MR) is 52.3 cm³/mol. The minimum atomic E-state index is -0.689. The highest BCUT2D eigenvalue weighted by Gasteiger charge is 2.13. The lowest BCUT2D eigenvalue weighted by atomic mass is 10.0. The van der Waals surface area contributed by atoms with Gasteiger partial charge in [-0.3, -0.25) is 0 Å². The van der Waals surface area contributed by atoms with Crippen LogP contribution in [0.3, 0.4) is 0 Å². The Kier molecular flexibility index (Phi) is 1.93. The van der Waals surface area contributed by atoms with Gasteiger partial charge in [-0.25, -0.2) is 0 Å². The van der Waals surface area contributed by atoms with E-state index in [1.165, 1.54) is 0 Å². The maximum atomic E-state index is 8.77. The molecule has 3 nitrogen and oxygen atoms in total. The zero-order valence-electron chi connectivity index (χ0n) is 7.36. The van der Waals surface area contributed by atoms with E-state index in [1.54, 1.807) is 6.20 Å². The molecule has 0 unspecified atom stereocenters. The average molecular weight is 181 g/mol. The van der Waals surface area contributed by atoms with Crippen molar-refractivity contribution in [3.8, 4) is 12.1 Å². The number of benzene rings is 1. The second-order valence-electron chi connectivity index (χ2n) is 2.98. The van der Waals surface area contributed by atoms with Crippen LogP contribution in [-0.4, -0.2) is 4.98 Å². The van der Waals surface area contributed by atoms with Crippen LogP contribution in [0.25, 0.3) is 10.9 Å². The normalized spacial score (nSPS) is 9.93. The average Bonchev–Trinajstić information content (AvgIpc) is 2.65. The minimum Gasteiger partial charge on any atom is -0.361 e.